The third-order valence-corrected chi connectivity index (χ3v) is 7.18. The fourth-order valence-corrected chi connectivity index (χ4v) is 4.87. The molecular weight excluding hydrogens is 506 g/mol. The van der Waals surface area contributed by atoms with Gasteiger partial charge in [-0.1, -0.05) is 56.3 Å². The van der Waals surface area contributed by atoms with Crippen molar-refractivity contribution >= 4 is 43.5 Å². The van der Waals surface area contributed by atoms with Gasteiger partial charge in [0.05, 0.1) is 11.9 Å². The van der Waals surface area contributed by atoms with Crippen molar-refractivity contribution in [2.24, 2.45) is 0 Å². The first kappa shape index (κ1) is 26.9. The number of hydrogen-bond donors (Lipinski definition) is 1. The number of carbonyl (C=O) groups is 2. The van der Waals surface area contributed by atoms with E-state index < -0.39 is 28.5 Å². The van der Waals surface area contributed by atoms with Crippen molar-refractivity contribution in [2.45, 2.75) is 52.2 Å². The van der Waals surface area contributed by atoms with E-state index in [0.717, 1.165) is 22.5 Å². The number of amides is 2. The number of anilines is 1. The van der Waals surface area contributed by atoms with Crippen LogP contribution < -0.4 is 9.62 Å². The van der Waals surface area contributed by atoms with Crippen molar-refractivity contribution in [2.75, 3.05) is 17.1 Å². The lowest BCUT2D eigenvalue weighted by Gasteiger charge is -2.33. The molecule has 1 N–H and O–H groups in total. The Labute approximate surface area is 205 Å². The fourth-order valence-electron chi connectivity index (χ4n) is 3.39. The van der Waals surface area contributed by atoms with Crippen LogP contribution in [-0.2, 0) is 26.2 Å². The Morgan fingerprint density at radius 3 is 2.15 bits per heavy atom. The van der Waals surface area contributed by atoms with Crippen molar-refractivity contribution in [3.63, 3.8) is 0 Å². The van der Waals surface area contributed by atoms with Crippen LogP contribution >= 0.6 is 15.9 Å². The summed E-state index contributed by atoms with van der Waals surface area (Å²) in [5.74, 6) is -0.700. The van der Waals surface area contributed by atoms with Crippen LogP contribution in [0.15, 0.2) is 59.1 Å². The van der Waals surface area contributed by atoms with Crippen LogP contribution in [0, 0.1) is 0 Å². The van der Waals surface area contributed by atoms with Crippen molar-refractivity contribution in [3.8, 4) is 0 Å². The molecule has 180 valence electrons. The second-order valence-corrected chi connectivity index (χ2v) is 10.7. The minimum absolute atomic E-state index is 0.0342. The van der Waals surface area contributed by atoms with E-state index >= 15 is 0 Å². The van der Waals surface area contributed by atoms with E-state index in [2.05, 4.69) is 21.2 Å². The Hall–Kier alpha value is -2.39. The first-order chi connectivity index (χ1) is 15.6. The zero-order valence-corrected chi connectivity index (χ0v) is 21.9. The summed E-state index contributed by atoms with van der Waals surface area (Å²) in [5, 5.41) is 2.95. The molecule has 2 amide bonds. The lowest BCUT2D eigenvalue weighted by molar-refractivity contribution is -0.140. The van der Waals surface area contributed by atoms with Gasteiger partial charge in [-0.3, -0.25) is 13.9 Å². The van der Waals surface area contributed by atoms with Crippen molar-refractivity contribution in [1.82, 2.24) is 10.2 Å². The lowest BCUT2D eigenvalue weighted by Crippen LogP contribution is -2.53. The molecule has 0 spiro atoms. The number of halogens is 1. The minimum Gasteiger partial charge on any atom is -0.352 e. The maximum atomic E-state index is 13.6. The molecule has 7 nitrogen and oxygen atoms in total. The van der Waals surface area contributed by atoms with Gasteiger partial charge in [0.15, 0.2) is 0 Å². The van der Waals surface area contributed by atoms with Crippen molar-refractivity contribution in [1.29, 1.82) is 0 Å². The van der Waals surface area contributed by atoms with Gasteiger partial charge in [0.25, 0.3) is 0 Å². The molecule has 2 atom stereocenters. The summed E-state index contributed by atoms with van der Waals surface area (Å²) in [6.45, 7) is 5.50. The van der Waals surface area contributed by atoms with Gasteiger partial charge in [-0.15, -0.1) is 0 Å². The molecule has 0 aliphatic heterocycles. The Morgan fingerprint density at radius 1 is 1.00 bits per heavy atom. The molecule has 0 saturated carbocycles. The number of para-hydroxylation sites is 1. The highest BCUT2D eigenvalue weighted by molar-refractivity contribution is 9.10. The average molecular weight is 539 g/mol. The molecule has 0 radical (unpaired) electrons. The number of sulfonamides is 1. The molecule has 2 aromatic rings. The van der Waals surface area contributed by atoms with Crippen LogP contribution in [0.25, 0.3) is 0 Å². The van der Waals surface area contributed by atoms with Gasteiger partial charge in [-0.2, -0.15) is 0 Å². The van der Waals surface area contributed by atoms with E-state index in [-0.39, 0.29) is 18.5 Å². The summed E-state index contributed by atoms with van der Waals surface area (Å²) in [6, 6.07) is 15.4. The number of rotatable bonds is 11. The fraction of sp³-hybridized carbons (Fsp3) is 0.417. The number of carbonyl (C=O) groups excluding carboxylic acids is 2. The first-order valence-electron chi connectivity index (χ1n) is 10.9. The minimum atomic E-state index is -3.76. The molecule has 0 bridgehead atoms. The smallest absolute Gasteiger partial charge is 0.244 e. The maximum absolute atomic E-state index is 13.6. The summed E-state index contributed by atoms with van der Waals surface area (Å²) in [5.41, 5.74) is 1.22. The zero-order chi connectivity index (χ0) is 24.6. The first-order valence-corrected chi connectivity index (χ1v) is 13.6. The number of hydrogen-bond acceptors (Lipinski definition) is 4. The molecule has 0 aromatic heterocycles. The van der Waals surface area contributed by atoms with E-state index in [4.69, 9.17) is 0 Å². The molecule has 0 fully saturated rings. The second kappa shape index (κ2) is 12.2. The summed E-state index contributed by atoms with van der Waals surface area (Å²) in [4.78, 5) is 28.1. The van der Waals surface area contributed by atoms with E-state index in [1.807, 2.05) is 51.1 Å². The highest BCUT2D eigenvalue weighted by atomic mass is 79.9. The molecule has 2 aromatic carbocycles. The van der Waals surface area contributed by atoms with Gasteiger partial charge in [0, 0.05) is 17.1 Å². The van der Waals surface area contributed by atoms with E-state index in [1.54, 1.807) is 24.3 Å². The molecule has 0 aliphatic carbocycles. The summed E-state index contributed by atoms with van der Waals surface area (Å²) in [6.07, 6.45) is 2.22. The topological polar surface area (TPSA) is 86.8 Å². The molecule has 0 heterocycles. The molecule has 33 heavy (non-hydrogen) atoms. The van der Waals surface area contributed by atoms with Crippen LogP contribution in [0.4, 0.5) is 5.69 Å². The van der Waals surface area contributed by atoms with Gasteiger partial charge < -0.3 is 10.2 Å². The van der Waals surface area contributed by atoms with E-state index in [0.29, 0.717) is 16.6 Å². The lowest BCUT2D eigenvalue weighted by atomic mass is 10.1. The molecular formula is C24H32BrN3O4S. The Bertz CT molecular complexity index is 1050. The maximum Gasteiger partial charge on any atom is 0.244 e. The Morgan fingerprint density at radius 2 is 1.61 bits per heavy atom. The van der Waals surface area contributed by atoms with Gasteiger partial charge >= 0.3 is 0 Å². The Kier molecular flexibility index (Phi) is 9.91. The SMILES string of the molecule is CC[C@H](C)NC(=O)[C@H](CC)N(Cc1ccccc1)C(=O)CN(c1ccccc1Br)S(C)(=O)=O. The quantitative estimate of drug-likeness (QED) is 0.470. The van der Waals surface area contributed by atoms with Gasteiger partial charge in [0.2, 0.25) is 21.8 Å². The number of benzene rings is 2. The predicted octanol–water partition coefficient (Wildman–Crippen LogP) is 3.94. The zero-order valence-electron chi connectivity index (χ0n) is 19.5. The molecule has 0 aliphatic rings. The van der Waals surface area contributed by atoms with Crippen molar-refractivity contribution in [3.05, 3.63) is 64.6 Å². The Balaban J connectivity index is 2.42. The number of nitrogens with one attached hydrogen (secondary N) is 1. The van der Waals surface area contributed by atoms with E-state index in [1.165, 1.54) is 4.90 Å². The summed E-state index contributed by atoms with van der Waals surface area (Å²) >= 11 is 3.38. The standard InChI is InChI=1S/C24H32BrN3O4S/c1-5-18(3)26-24(30)21(6-2)27(16-19-12-8-7-9-13-19)23(29)17-28(33(4,31)32)22-15-11-10-14-20(22)25/h7-15,18,21H,5-6,16-17H2,1-4H3,(H,26,30)/t18-,21-/m0/s1. The van der Waals surface area contributed by atoms with Crippen LogP contribution in [0.5, 0.6) is 0 Å². The third-order valence-electron chi connectivity index (χ3n) is 5.38. The number of nitrogens with zero attached hydrogens (tertiary/aromatic N) is 2. The monoisotopic (exact) mass is 537 g/mol. The summed E-state index contributed by atoms with van der Waals surface area (Å²) < 4.78 is 26.8. The molecule has 0 unspecified atom stereocenters. The predicted molar refractivity (Wildman–Crippen MR) is 135 cm³/mol. The average Bonchev–Trinajstić information content (AvgIpc) is 2.77. The molecule has 9 heteroatoms. The van der Waals surface area contributed by atoms with Gasteiger partial charge in [-0.05, 0) is 53.4 Å². The normalized spacial score (nSPS) is 13.1. The molecule has 2 rings (SSSR count). The summed E-state index contributed by atoms with van der Waals surface area (Å²) in [7, 11) is -3.76. The van der Waals surface area contributed by atoms with Crippen LogP contribution in [0.2, 0.25) is 0 Å². The van der Waals surface area contributed by atoms with Gasteiger partial charge in [-0.25, -0.2) is 8.42 Å². The largest absolute Gasteiger partial charge is 0.352 e. The third kappa shape index (κ3) is 7.57. The molecule has 0 saturated heterocycles. The highest BCUT2D eigenvalue weighted by Crippen LogP contribution is 2.28. The highest BCUT2D eigenvalue weighted by Gasteiger charge is 2.32. The second-order valence-electron chi connectivity index (χ2n) is 7.97. The van der Waals surface area contributed by atoms with Gasteiger partial charge in [0.1, 0.15) is 12.6 Å². The van der Waals surface area contributed by atoms with Crippen LogP contribution in [0.3, 0.4) is 0 Å². The van der Waals surface area contributed by atoms with Crippen LogP contribution in [-0.4, -0.2) is 50.0 Å². The van der Waals surface area contributed by atoms with Crippen molar-refractivity contribution < 1.29 is 18.0 Å². The van der Waals surface area contributed by atoms with Crippen LogP contribution in [0.1, 0.15) is 39.2 Å². The van der Waals surface area contributed by atoms with E-state index in [9.17, 15) is 18.0 Å².